The lowest BCUT2D eigenvalue weighted by atomic mass is 9.80. The Labute approximate surface area is 93.0 Å². The van der Waals surface area contributed by atoms with Gasteiger partial charge >= 0.3 is 0 Å². The van der Waals surface area contributed by atoms with Crippen molar-refractivity contribution in [1.82, 2.24) is 0 Å². The Morgan fingerprint density at radius 3 is 2.88 bits per heavy atom. The summed E-state index contributed by atoms with van der Waals surface area (Å²) in [5, 5.41) is 0. The van der Waals surface area contributed by atoms with Crippen molar-refractivity contribution < 1.29 is 24.1 Å². The molecule has 3 aliphatic rings. The molecule has 0 radical (unpaired) electrons. The Hall–Kier alpha value is -0.780. The van der Waals surface area contributed by atoms with Crippen molar-refractivity contribution >= 4 is 12.1 Å². The maximum absolute atomic E-state index is 11.7. The van der Waals surface area contributed by atoms with E-state index in [9.17, 15) is 9.59 Å². The van der Waals surface area contributed by atoms with E-state index in [1.165, 1.54) is 6.92 Å². The van der Waals surface area contributed by atoms with Gasteiger partial charge in [0, 0.05) is 23.7 Å². The molecule has 5 nitrogen and oxygen atoms in total. The first-order chi connectivity index (χ1) is 7.57. The summed E-state index contributed by atoms with van der Waals surface area (Å²) in [4.78, 5) is 32.9. The minimum Gasteiger partial charge on any atom is -0.315 e. The predicted molar refractivity (Wildman–Crippen MR) is 50.8 cm³/mol. The van der Waals surface area contributed by atoms with Gasteiger partial charge in [-0.05, 0) is 20.3 Å². The maximum atomic E-state index is 11.7. The van der Waals surface area contributed by atoms with Crippen molar-refractivity contribution in [2.24, 2.45) is 23.7 Å². The molecule has 0 aromatic heterocycles. The van der Waals surface area contributed by atoms with Gasteiger partial charge in [-0.1, -0.05) is 0 Å². The first-order valence-corrected chi connectivity index (χ1v) is 5.55. The minimum atomic E-state index is -0.858. The van der Waals surface area contributed by atoms with Crippen molar-refractivity contribution in [3.63, 3.8) is 0 Å². The van der Waals surface area contributed by atoms with Crippen LogP contribution >= 0.6 is 0 Å². The maximum Gasteiger partial charge on any atom is 0.205 e. The van der Waals surface area contributed by atoms with E-state index in [2.05, 4.69) is 0 Å². The molecule has 3 rings (SSSR count). The van der Waals surface area contributed by atoms with Crippen molar-refractivity contribution in [2.75, 3.05) is 0 Å². The molecule has 0 aromatic rings. The summed E-state index contributed by atoms with van der Waals surface area (Å²) < 4.78 is 5.59. The number of hydrogen-bond acceptors (Lipinski definition) is 5. The number of ketones is 1. The lowest BCUT2D eigenvalue weighted by molar-refractivity contribution is -0.370. The first-order valence-electron chi connectivity index (χ1n) is 5.55. The number of Topliss-reactive ketones (excluding diaryl/α,β-unsaturated/α-hetero) is 1. The third-order valence-electron chi connectivity index (χ3n) is 4.11. The quantitative estimate of drug-likeness (QED) is 0.511. The molecule has 1 aliphatic carbocycles. The van der Waals surface area contributed by atoms with E-state index in [0.717, 1.165) is 6.29 Å². The molecule has 5 heteroatoms. The molecule has 16 heavy (non-hydrogen) atoms. The standard InChI is InChI=1S/C11H14O5/c1-5(13)8-6(4-12)3-7-9(8)11(2)14-10(7)15-16-11/h4,6-10H,3H2,1-2H3/t6-,7-,8+,9-,10-,11+/m1/s1. The number of carbonyl (C=O) groups excluding carboxylic acids is 2. The van der Waals surface area contributed by atoms with Gasteiger partial charge in [0.05, 0.1) is 0 Å². The van der Waals surface area contributed by atoms with Gasteiger partial charge in [0.1, 0.15) is 12.1 Å². The molecule has 88 valence electrons. The van der Waals surface area contributed by atoms with E-state index in [1.54, 1.807) is 6.92 Å². The molecule has 2 heterocycles. The third-order valence-corrected chi connectivity index (χ3v) is 4.11. The van der Waals surface area contributed by atoms with Crippen molar-refractivity contribution in [1.29, 1.82) is 0 Å². The Morgan fingerprint density at radius 1 is 1.50 bits per heavy atom. The number of carbonyl (C=O) groups is 2. The highest BCUT2D eigenvalue weighted by Crippen LogP contribution is 2.58. The number of rotatable bonds is 2. The topological polar surface area (TPSA) is 61.8 Å². The second-order valence-corrected chi connectivity index (χ2v) is 5.04. The highest BCUT2D eigenvalue weighted by Gasteiger charge is 2.67. The van der Waals surface area contributed by atoms with Gasteiger partial charge in [-0.3, -0.25) is 4.79 Å². The van der Waals surface area contributed by atoms with Crippen LogP contribution < -0.4 is 0 Å². The number of aldehydes is 1. The molecule has 2 saturated heterocycles. The number of ether oxygens (including phenoxy) is 1. The van der Waals surface area contributed by atoms with E-state index in [4.69, 9.17) is 14.5 Å². The van der Waals surface area contributed by atoms with Crippen LogP contribution in [-0.2, 0) is 24.1 Å². The van der Waals surface area contributed by atoms with Gasteiger partial charge in [0.2, 0.25) is 5.79 Å². The highest BCUT2D eigenvalue weighted by atomic mass is 17.3. The van der Waals surface area contributed by atoms with E-state index >= 15 is 0 Å². The van der Waals surface area contributed by atoms with Gasteiger partial charge in [-0.25, -0.2) is 4.89 Å². The molecule has 0 N–H and O–H groups in total. The zero-order valence-electron chi connectivity index (χ0n) is 9.21. The van der Waals surface area contributed by atoms with Crippen LogP contribution in [0.15, 0.2) is 0 Å². The van der Waals surface area contributed by atoms with Crippen LogP contribution in [0.1, 0.15) is 20.3 Å². The molecule has 0 unspecified atom stereocenters. The van der Waals surface area contributed by atoms with Crippen molar-refractivity contribution in [3.8, 4) is 0 Å². The van der Waals surface area contributed by atoms with Crippen LogP contribution in [-0.4, -0.2) is 24.1 Å². The average Bonchev–Trinajstić information content (AvgIpc) is 2.83. The van der Waals surface area contributed by atoms with Gasteiger partial charge in [-0.2, -0.15) is 4.89 Å². The molecule has 0 aromatic carbocycles. The first kappa shape index (κ1) is 10.4. The highest BCUT2D eigenvalue weighted by molar-refractivity contribution is 5.82. The molecule has 2 bridgehead atoms. The Balaban J connectivity index is 1.98. The predicted octanol–water partition coefficient (Wildman–Crippen LogP) is 0.677. The lowest BCUT2D eigenvalue weighted by Crippen LogP contribution is -2.41. The monoisotopic (exact) mass is 226 g/mol. The fraction of sp³-hybridized carbons (Fsp3) is 0.818. The molecule has 1 saturated carbocycles. The van der Waals surface area contributed by atoms with Crippen LogP contribution in [0, 0.1) is 23.7 Å². The van der Waals surface area contributed by atoms with E-state index < -0.39 is 12.1 Å². The summed E-state index contributed by atoms with van der Waals surface area (Å²) in [5.74, 6) is -1.29. The normalized spacial score (nSPS) is 54.0. The van der Waals surface area contributed by atoms with Crippen molar-refractivity contribution in [2.45, 2.75) is 32.3 Å². The second-order valence-electron chi connectivity index (χ2n) is 5.04. The fourth-order valence-electron chi connectivity index (χ4n) is 3.54. The summed E-state index contributed by atoms with van der Waals surface area (Å²) in [6.07, 6.45) is 1.12. The van der Waals surface area contributed by atoms with Crippen LogP contribution in [0.4, 0.5) is 0 Å². The van der Waals surface area contributed by atoms with Gasteiger partial charge in [0.15, 0.2) is 6.29 Å². The van der Waals surface area contributed by atoms with E-state index in [-0.39, 0.29) is 29.5 Å². The number of hydrogen-bond donors (Lipinski definition) is 0. The Kier molecular flexibility index (Phi) is 2.02. The van der Waals surface area contributed by atoms with Crippen LogP contribution in [0.5, 0.6) is 0 Å². The molecular weight excluding hydrogens is 212 g/mol. The van der Waals surface area contributed by atoms with Crippen LogP contribution in [0.2, 0.25) is 0 Å². The fourth-order valence-corrected chi connectivity index (χ4v) is 3.54. The Morgan fingerprint density at radius 2 is 2.25 bits per heavy atom. The Bertz CT molecular complexity index is 354. The summed E-state index contributed by atoms with van der Waals surface area (Å²) in [5.41, 5.74) is 0. The largest absolute Gasteiger partial charge is 0.315 e. The molecule has 6 atom stereocenters. The minimum absolute atomic E-state index is 0.0329. The van der Waals surface area contributed by atoms with Crippen LogP contribution in [0.3, 0.4) is 0 Å². The molecule has 3 fully saturated rings. The van der Waals surface area contributed by atoms with Gasteiger partial charge < -0.3 is 9.53 Å². The van der Waals surface area contributed by atoms with Gasteiger partial charge in [0.25, 0.3) is 0 Å². The third kappa shape index (κ3) is 1.11. The zero-order chi connectivity index (χ0) is 11.5. The molecule has 2 aliphatic heterocycles. The summed E-state index contributed by atoms with van der Waals surface area (Å²) >= 11 is 0. The SMILES string of the molecule is CC(=O)[C@@H]1[C@H]2[C@@H](C[C@@H]1C=O)[C@H]1OO[C@]2(C)O1. The summed E-state index contributed by atoms with van der Waals surface area (Å²) in [6.45, 7) is 3.31. The average molecular weight is 226 g/mol. The van der Waals surface area contributed by atoms with Gasteiger partial charge in [-0.15, -0.1) is 0 Å². The summed E-state index contributed by atoms with van der Waals surface area (Å²) in [6, 6.07) is 0. The molecule has 0 spiro atoms. The number of fused-ring (bicyclic) bond motifs is 5. The zero-order valence-corrected chi connectivity index (χ0v) is 9.21. The van der Waals surface area contributed by atoms with E-state index in [1.807, 2.05) is 0 Å². The molecular formula is C11H14O5. The molecule has 0 amide bonds. The van der Waals surface area contributed by atoms with Crippen LogP contribution in [0.25, 0.3) is 0 Å². The smallest absolute Gasteiger partial charge is 0.205 e. The van der Waals surface area contributed by atoms with Crippen molar-refractivity contribution in [3.05, 3.63) is 0 Å². The summed E-state index contributed by atoms with van der Waals surface area (Å²) in [7, 11) is 0. The lowest BCUT2D eigenvalue weighted by Gasteiger charge is -2.30. The van der Waals surface area contributed by atoms with E-state index in [0.29, 0.717) is 6.42 Å². The second kappa shape index (κ2) is 3.12.